The van der Waals surface area contributed by atoms with Crippen molar-refractivity contribution in [2.45, 2.75) is 6.54 Å². The quantitative estimate of drug-likeness (QED) is 0.600. The number of carbonyl (C=O) groups excluding carboxylic acids is 1. The minimum Gasteiger partial charge on any atom is -0.341 e. The van der Waals surface area contributed by atoms with E-state index >= 15 is 0 Å². The van der Waals surface area contributed by atoms with E-state index in [4.69, 9.17) is 0 Å². The molecule has 4 aromatic rings. The zero-order valence-corrected chi connectivity index (χ0v) is 15.7. The summed E-state index contributed by atoms with van der Waals surface area (Å²) in [6.07, 6.45) is 0. The van der Waals surface area contributed by atoms with Gasteiger partial charge in [0.2, 0.25) is 5.82 Å². The van der Waals surface area contributed by atoms with Gasteiger partial charge in [0.1, 0.15) is 0 Å². The van der Waals surface area contributed by atoms with Crippen molar-refractivity contribution in [2.75, 3.05) is 19.0 Å². The second-order valence-corrected chi connectivity index (χ2v) is 6.57. The number of amides is 2. The van der Waals surface area contributed by atoms with E-state index in [0.717, 1.165) is 21.9 Å². The van der Waals surface area contributed by atoms with Gasteiger partial charge in [-0.25, -0.2) is 9.78 Å². The lowest BCUT2D eigenvalue weighted by atomic mass is 10.0. The van der Waals surface area contributed by atoms with Crippen LogP contribution in [0.2, 0.25) is 0 Å². The van der Waals surface area contributed by atoms with Crippen LogP contribution in [0.4, 0.5) is 10.6 Å². The van der Waals surface area contributed by atoms with E-state index in [2.05, 4.69) is 28.5 Å². The van der Waals surface area contributed by atoms with Crippen molar-refractivity contribution in [1.82, 2.24) is 14.9 Å². The molecule has 0 aliphatic heterocycles. The molecule has 1 N–H and O–H groups in total. The summed E-state index contributed by atoms with van der Waals surface area (Å²) in [5.74, 6) is 0.0956. The number of carbonyl (C=O) groups is 1. The molecule has 0 saturated carbocycles. The van der Waals surface area contributed by atoms with Gasteiger partial charge in [0.25, 0.3) is 5.56 Å². The number of nitrogens with one attached hydrogen (secondary N) is 1. The number of fused-ring (bicyclic) bond motifs is 2. The smallest absolute Gasteiger partial charge is 0.322 e. The topological polar surface area (TPSA) is 67.2 Å². The predicted octanol–water partition coefficient (Wildman–Crippen LogP) is 3.37. The molecular weight excluding hydrogens is 352 g/mol. The average Bonchev–Trinajstić information content (AvgIpc) is 2.74. The minimum absolute atomic E-state index is 0.0956. The average molecular weight is 372 g/mol. The van der Waals surface area contributed by atoms with Gasteiger partial charge in [-0.2, -0.15) is 0 Å². The SMILES string of the molecule is CNC(=O)N(C)c1nc2ccccc2n(Cc2cccc3ccccc23)c1=O. The van der Waals surface area contributed by atoms with E-state index in [9.17, 15) is 9.59 Å². The van der Waals surface area contributed by atoms with Crippen molar-refractivity contribution in [2.24, 2.45) is 0 Å². The van der Waals surface area contributed by atoms with Crippen molar-refractivity contribution in [3.05, 3.63) is 82.6 Å². The van der Waals surface area contributed by atoms with Gasteiger partial charge < -0.3 is 5.32 Å². The molecule has 0 unspecified atom stereocenters. The summed E-state index contributed by atoms with van der Waals surface area (Å²) in [6, 6.07) is 21.2. The second-order valence-electron chi connectivity index (χ2n) is 6.57. The third-order valence-electron chi connectivity index (χ3n) is 4.88. The van der Waals surface area contributed by atoms with Crippen LogP contribution in [0.5, 0.6) is 0 Å². The summed E-state index contributed by atoms with van der Waals surface area (Å²) < 4.78 is 1.68. The van der Waals surface area contributed by atoms with Crippen molar-refractivity contribution >= 4 is 33.7 Å². The van der Waals surface area contributed by atoms with Crippen LogP contribution in [-0.2, 0) is 6.54 Å². The van der Waals surface area contributed by atoms with Crippen molar-refractivity contribution in [3.63, 3.8) is 0 Å². The molecule has 4 rings (SSSR count). The zero-order chi connectivity index (χ0) is 19.7. The van der Waals surface area contributed by atoms with Gasteiger partial charge in [0.05, 0.1) is 17.6 Å². The highest BCUT2D eigenvalue weighted by molar-refractivity contribution is 5.91. The first kappa shape index (κ1) is 17.7. The molecule has 0 saturated heterocycles. The third-order valence-corrected chi connectivity index (χ3v) is 4.88. The monoisotopic (exact) mass is 372 g/mol. The summed E-state index contributed by atoms with van der Waals surface area (Å²) in [5, 5.41) is 4.75. The van der Waals surface area contributed by atoms with E-state index in [1.54, 1.807) is 11.6 Å². The number of nitrogens with zero attached hydrogens (tertiary/aromatic N) is 3. The first-order valence-corrected chi connectivity index (χ1v) is 9.02. The standard InChI is InChI=1S/C22H20N4O2/c1-23-22(28)25(2)20-21(27)26(19-13-6-5-12-18(19)24-20)14-16-10-7-9-15-8-3-4-11-17(15)16/h3-13H,14H2,1-2H3,(H,23,28). The number of aromatic nitrogens is 2. The molecule has 0 bridgehead atoms. The highest BCUT2D eigenvalue weighted by atomic mass is 16.2. The largest absolute Gasteiger partial charge is 0.341 e. The number of urea groups is 1. The third kappa shape index (κ3) is 2.99. The number of anilines is 1. The van der Waals surface area contributed by atoms with Gasteiger partial charge in [0, 0.05) is 14.1 Å². The fourth-order valence-electron chi connectivity index (χ4n) is 3.42. The molecule has 3 aromatic carbocycles. The fraction of sp³-hybridized carbons (Fsp3) is 0.136. The van der Waals surface area contributed by atoms with Gasteiger partial charge in [-0.1, -0.05) is 54.6 Å². The summed E-state index contributed by atoms with van der Waals surface area (Å²) in [4.78, 5) is 31.0. The maximum atomic E-state index is 13.3. The Morgan fingerprint density at radius 2 is 1.75 bits per heavy atom. The Bertz CT molecular complexity index is 1240. The van der Waals surface area contributed by atoms with E-state index in [1.807, 2.05) is 48.5 Å². The van der Waals surface area contributed by atoms with E-state index in [-0.39, 0.29) is 11.4 Å². The van der Waals surface area contributed by atoms with Gasteiger partial charge >= 0.3 is 6.03 Å². The lowest BCUT2D eigenvalue weighted by Crippen LogP contribution is -2.40. The first-order chi connectivity index (χ1) is 13.6. The van der Waals surface area contributed by atoms with Crippen molar-refractivity contribution in [1.29, 1.82) is 0 Å². The van der Waals surface area contributed by atoms with Crippen LogP contribution < -0.4 is 15.8 Å². The van der Waals surface area contributed by atoms with Crippen LogP contribution in [0, 0.1) is 0 Å². The zero-order valence-electron chi connectivity index (χ0n) is 15.7. The van der Waals surface area contributed by atoms with Crippen molar-refractivity contribution in [3.8, 4) is 0 Å². The lowest BCUT2D eigenvalue weighted by Gasteiger charge is -2.18. The number of para-hydroxylation sites is 2. The number of hydrogen-bond donors (Lipinski definition) is 1. The van der Waals surface area contributed by atoms with Crippen LogP contribution in [0.1, 0.15) is 5.56 Å². The van der Waals surface area contributed by atoms with Crippen LogP contribution in [0.3, 0.4) is 0 Å². The molecule has 6 nitrogen and oxygen atoms in total. The molecule has 0 aliphatic carbocycles. The predicted molar refractivity (Wildman–Crippen MR) is 112 cm³/mol. The number of hydrogen-bond acceptors (Lipinski definition) is 3. The highest BCUT2D eigenvalue weighted by Crippen LogP contribution is 2.21. The molecule has 0 fully saturated rings. The molecular formula is C22H20N4O2. The van der Waals surface area contributed by atoms with E-state index in [0.29, 0.717) is 12.1 Å². The highest BCUT2D eigenvalue weighted by Gasteiger charge is 2.19. The summed E-state index contributed by atoms with van der Waals surface area (Å²) in [5.41, 5.74) is 2.12. The molecule has 0 spiro atoms. The Balaban J connectivity index is 1.94. The van der Waals surface area contributed by atoms with Crippen LogP contribution >= 0.6 is 0 Å². The summed E-state index contributed by atoms with van der Waals surface area (Å²) in [7, 11) is 3.06. The molecule has 2 amide bonds. The summed E-state index contributed by atoms with van der Waals surface area (Å²) >= 11 is 0. The molecule has 0 aliphatic rings. The van der Waals surface area contributed by atoms with Crippen LogP contribution in [-0.4, -0.2) is 29.7 Å². The Hall–Kier alpha value is -3.67. The van der Waals surface area contributed by atoms with E-state index < -0.39 is 6.03 Å². The normalized spacial score (nSPS) is 10.9. The fourth-order valence-corrected chi connectivity index (χ4v) is 3.42. The Labute approximate surface area is 162 Å². The molecule has 0 atom stereocenters. The summed E-state index contributed by atoms with van der Waals surface area (Å²) in [6.45, 7) is 0.387. The molecule has 6 heteroatoms. The second kappa shape index (κ2) is 7.15. The molecule has 0 radical (unpaired) electrons. The minimum atomic E-state index is -0.392. The molecule has 1 heterocycles. The van der Waals surface area contributed by atoms with Gasteiger partial charge in [-0.05, 0) is 28.5 Å². The molecule has 1 aromatic heterocycles. The Morgan fingerprint density at radius 3 is 2.57 bits per heavy atom. The van der Waals surface area contributed by atoms with Gasteiger partial charge in [0.15, 0.2) is 0 Å². The maximum Gasteiger partial charge on any atom is 0.322 e. The Morgan fingerprint density at radius 1 is 1.04 bits per heavy atom. The van der Waals surface area contributed by atoms with Gasteiger partial charge in [-0.15, -0.1) is 0 Å². The first-order valence-electron chi connectivity index (χ1n) is 9.02. The molecule has 140 valence electrons. The Kier molecular flexibility index (Phi) is 4.53. The van der Waals surface area contributed by atoms with Crippen LogP contribution in [0.15, 0.2) is 71.5 Å². The number of benzene rings is 3. The van der Waals surface area contributed by atoms with Crippen molar-refractivity contribution < 1.29 is 4.79 Å². The van der Waals surface area contributed by atoms with Crippen LogP contribution in [0.25, 0.3) is 21.8 Å². The lowest BCUT2D eigenvalue weighted by molar-refractivity contribution is 0.249. The van der Waals surface area contributed by atoms with E-state index in [1.165, 1.54) is 11.9 Å². The number of rotatable bonds is 3. The molecule has 28 heavy (non-hydrogen) atoms. The maximum absolute atomic E-state index is 13.3. The van der Waals surface area contributed by atoms with Gasteiger partial charge in [-0.3, -0.25) is 14.3 Å².